The van der Waals surface area contributed by atoms with Crippen LogP contribution in [0.1, 0.15) is 21.6 Å². The van der Waals surface area contributed by atoms with Crippen molar-refractivity contribution in [3.8, 4) is 11.5 Å². The number of hydrogen-bond donors (Lipinski definition) is 0. The van der Waals surface area contributed by atoms with Gasteiger partial charge in [-0.05, 0) is 63.5 Å². The fourth-order valence-electron chi connectivity index (χ4n) is 2.79. The Balaban J connectivity index is 1.86. The highest BCUT2D eigenvalue weighted by atomic mass is 79.9. The van der Waals surface area contributed by atoms with E-state index in [9.17, 15) is 4.79 Å². The molecule has 6 heteroatoms. The molecule has 5 nitrogen and oxygen atoms in total. The molecule has 3 aromatic rings. The minimum atomic E-state index is -0.132. The van der Waals surface area contributed by atoms with Gasteiger partial charge in [0.15, 0.2) is 0 Å². The fraction of sp³-hybridized carbons (Fsp3) is 0.182. The van der Waals surface area contributed by atoms with E-state index >= 15 is 0 Å². The SMILES string of the molecule is COc1ccc(CN(Cc2ccc(OC)cc2)C(=O)c2cccc(Br)n2)cc1. The van der Waals surface area contributed by atoms with Gasteiger partial charge in [0.2, 0.25) is 0 Å². The number of carbonyl (C=O) groups is 1. The van der Waals surface area contributed by atoms with Gasteiger partial charge in [0.1, 0.15) is 21.8 Å². The summed E-state index contributed by atoms with van der Waals surface area (Å²) in [5.74, 6) is 1.43. The predicted octanol–water partition coefficient (Wildman–Crippen LogP) is 4.70. The van der Waals surface area contributed by atoms with Gasteiger partial charge >= 0.3 is 0 Å². The van der Waals surface area contributed by atoms with Gasteiger partial charge in [-0.1, -0.05) is 30.3 Å². The topological polar surface area (TPSA) is 51.7 Å². The molecule has 0 spiro atoms. The van der Waals surface area contributed by atoms with Crippen LogP contribution in [0.3, 0.4) is 0 Å². The molecule has 0 saturated carbocycles. The molecule has 0 aliphatic rings. The van der Waals surface area contributed by atoms with Gasteiger partial charge in [-0.3, -0.25) is 4.79 Å². The van der Waals surface area contributed by atoms with E-state index < -0.39 is 0 Å². The van der Waals surface area contributed by atoms with E-state index in [-0.39, 0.29) is 5.91 Å². The van der Waals surface area contributed by atoms with E-state index in [1.165, 1.54) is 0 Å². The number of benzene rings is 2. The van der Waals surface area contributed by atoms with Gasteiger partial charge < -0.3 is 14.4 Å². The number of nitrogens with zero attached hydrogens (tertiary/aromatic N) is 2. The summed E-state index contributed by atoms with van der Waals surface area (Å²) in [4.78, 5) is 19.2. The lowest BCUT2D eigenvalue weighted by Gasteiger charge is -2.23. The third-order valence-electron chi connectivity index (χ3n) is 4.29. The number of hydrogen-bond acceptors (Lipinski definition) is 4. The first-order valence-electron chi connectivity index (χ1n) is 8.76. The van der Waals surface area contributed by atoms with Crippen LogP contribution in [-0.4, -0.2) is 30.0 Å². The van der Waals surface area contributed by atoms with Gasteiger partial charge in [0.05, 0.1) is 14.2 Å². The predicted molar refractivity (Wildman–Crippen MR) is 112 cm³/mol. The number of carbonyl (C=O) groups excluding carboxylic acids is 1. The van der Waals surface area contributed by atoms with Crippen LogP contribution in [0.15, 0.2) is 71.3 Å². The van der Waals surface area contributed by atoms with Crippen molar-refractivity contribution in [2.45, 2.75) is 13.1 Å². The molecule has 144 valence electrons. The van der Waals surface area contributed by atoms with Crippen LogP contribution in [0.2, 0.25) is 0 Å². The maximum absolute atomic E-state index is 13.1. The maximum atomic E-state index is 13.1. The minimum Gasteiger partial charge on any atom is -0.497 e. The molecule has 1 amide bonds. The third kappa shape index (κ3) is 5.10. The number of rotatable bonds is 7. The van der Waals surface area contributed by atoms with Gasteiger partial charge in [-0.2, -0.15) is 0 Å². The molecule has 0 bridgehead atoms. The van der Waals surface area contributed by atoms with Crippen molar-refractivity contribution < 1.29 is 14.3 Å². The lowest BCUT2D eigenvalue weighted by atomic mass is 10.1. The van der Waals surface area contributed by atoms with Crippen LogP contribution in [0.25, 0.3) is 0 Å². The number of halogens is 1. The van der Waals surface area contributed by atoms with Gasteiger partial charge in [-0.25, -0.2) is 4.98 Å². The van der Waals surface area contributed by atoms with Crippen LogP contribution < -0.4 is 9.47 Å². The van der Waals surface area contributed by atoms with Crippen LogP contribution >= 0.6 is 15.9 Å². The van der Waals surface area contributed by atoms with Gasteiger partial charge in [0, 0.05) is 13.1 Å². The van der Waals surface area contributed by atoms with E-state index in [1.54, 1.807) is 31.3 Å². The zero-order valence-corrected chi connectivity index (χ0v) is 17.3. The Hall–Kier alpha value is -2.86. The molecule has 3 rings (SSSR count). The van der Waals surface area contributed by atoms with Crippen LogP contribution in [0.4, 0.5) is 0 Å². The first-order chi connectivity index (χ1) is 13.6. The number of ether oxygens (including phenoxy) is 2. The van der Waals surface area contributed by atoms with E-state index in [0.717, 1.165) is 22.6 Å². The maximum Gasteiger partial charge on any atom is 0.273 e. The van der Waals surface area contributed by atoms with Gasteiger partial charge in [-0.15, -0.1) is 0 Å². The molecule has 2 aromatic carbocycles. The molecule has 1 heterocycles. The summed E-state index contributed by atoms with van der Waals surface area (Å²) in [6.07, 6.45) is 0. The zero-order chi connectivity index (χ0) is 19.9. The average molecular weight is 441 g/mol. The highest BCUT2D eigenvalue weighted by Crippen LogP contribution is 2.19. The number of pyridine rings is 1. The minimum absolute atomic E-state index is 0.132. The van der Waals surface area contributed by atoms with Crippen molar-refractivity contribution in [1.29, 1.82) is 0 Å². The van der Waals surface area contributed by atoms with Crippen molar-refractivity contribution in [2.75, 3.05) is 14.2 Å². The van der Waals surface area contributed by atoms with Crippen molar-refractivity contribution in [2.24, 2.45) is 0 Å². The fourth-order valence-corrected chi connectivity index (χ4v) is 3.14. The van der Waals surface area contributed by atoms with E-state index in [4.69, 9.17) is 9.47 Å². The largest absolute Gasteiger partial charge is 0.497 e. The smallest absolute Gasteiger partial charge is 0.273 e. The molecule has 0 saturated heterocycles. The summed E-state index contributed by atoms with van der Waals surface area (Å²) in [5.41, 5.74) is 2.42. The molecular formula is C22H21BrN2O3. The molecule has 0 unspecified atom stereocenters. The Morgan fingerprint density at radius 3 is 1.79 bits per heavy atom. The first kappa shape index (κ1) is 19.9. The summed E-state index contributed by atoms with van der Waals surface area (Å²) in [6.45, 7) is 0.923. The van der Waals surface area contributed by atoms with Crippen LogP contribution in [0, 0.1) is 0 Å². The summed E-state index contributed by atoms with van der Waals surface area (Å²) in [7, 11) is 3.26. The summed E-state index contributed by atoms with van der Waals surface area (Å²) >= 11 is 3.34. The monoisotopic (exact) mass is 440 g/mol. The first-order valence-corrected chi connectivity index (χ1v) is 9.56. The summed E-state index contributed by atoms with van der Waals surface area (Å²) in [5, 5.41) is 0. The number of methoxy groups -OCH3 is 2. The molecule has 28 heavy (non-hydrogen) atoms. The molecule has 0 radical (unpaired) electrons. The van der Waals surface area contributed by atoms with Crippen molar-refractivity contribution in [3.63, 3.8) is 0 Å². The standard InChI is InChI=1S/C22H21BrN2O3/c1-27-18-10-6-16(7-11-18)14-25(15-17-8-12-19(28-2)13-9-17)22(26)20-4-3-5-21(23)24-20/h3-13H,14-15H2,1-2H3. The zero-order valence-electron chi connectivity index (χ0n) is 15.8. The third-order valence-corrected chi connectivity index (χ3v) is 4.73. The molecule has 0 aliphatic carbocycles. The van der Waals surface area contributed by atoms with E-state index in [2.05, 4.69) is 20.9 Å². The van der Waals surface area contributed by atoms with E-state index in [1.807, 2.05) is 54.6 Å². The molecule has 1 aromatic heterocycles. The highest BCUT2D eigenvalue weighted by Gasteiger charge is 2.18. The summed E-state index contributed by atoms with van der Waals surface area (Å²) in [6, 6.07) is 20.7. The van der Waals surface area contributed by atoms with Crippen molar-refractivity contribution >= 4 is 21.8 Å². The van der Waals surface area contributed by atoms with Gasteiger partial charge in [0.25, 0.3) is 5.91 Å². The second kappa shape index (κ2) is 9.37. The van der Waals surface area contributed by atoms with Crippen LogP contribution in [0.5, 0.6) is 11.5 Å². The van der Waals surface area contributed by atoms with Crippen LogP contribution in [-0.2, 0) is 13.1 Å². The number of amides is 1. The summed E-state index contributed by atoms with van der Waals surface area (Å²) < 4.78 is 11.1. The molecule has 0 atom stereocenters. The highest BCUT2D eigenvalue weighted by molar-refractivity contribution is 9.10. The molecule has 0 fully saturated rings. The number of aromatic nitrogens is 1. The van der Waals surface area contributed by atoms with E-state index in [0.29, 0.717) is 23.4 Å². The lowest BCUT2D eigenvalue weighted by Crippen LogP contribution is -2.30. The molecular weight excluding hydrogens is 420 g/mol. The quantitative estimate of drug-likeness (QED) is 0.499. The molecule has 0 aliphatic heterocycles. The normalized spacial score (nSPS) is 10.4. The molecule has 0 N–H and O–H groups in total. The second-order valence-electron chi connectivity index (χ2n) is 6.20. The average Bonchev–Trinajstić information content (AvgIpc) is 2.74. The van der Waals surface area contributed by atoms with Crippen molar-refractivity contribution in [1.82, 2.24) is 9.88 Å². The Labute approximate surface area is 173 Å². The Bertz CT molecular complexity index is 878. The Morgan fingerprint density at radius 2 is 1.36 bits per heavy atom. The lowest BCUT2D eigenvalue weighted by molar-refractivity contribution is 0.0724. The Morgan fingerprint density at radius 1 is 0.857 bits per heavy atom. The second-order valence-corrected chi connectivity index (χ2v) is 7.02. The Kier molecular flexibility index (Phi) is 6.66. The van der Waals surface area contributed by atoms with Crippen molar-refractivity contribution in [3.05, 3.63) is 88.2 Å².